The molecule has 1 N–H and O–H groups in total. The summed E-state index contributed by atoms with van der Waals surface area (Å²) < 4.78 is 11.6. The van der Waals surface area contributed by atoms with E-state index in [-0.39, 0.29) is 11.9 Å². The van der Waals surface area contributed by atoms with Crippen LogP contribution in [0.3, 0.4) is 0 Å². The van der Waals surface area contributed by atoms with Gasteiger partial charge in [0, 0.05) is 30.0 Å². The highest BCUT2D eigenvalue weighted by molar-refractivity contribution is 5.97. The van der Waals surface area contributed by atoms with E-state index >= 15 is 0 Å². The molecular weight excluding hydrogens is 278 g/mol. The lowest BCUT2D eigenvalue weighted by Gasteiger charge is -2.37. The first-order valence-electron chi connectivity index (χ1n) is 8.04. The summed E-state index contributed by atoms with van der Waals surface area (Å²) in [5.41, 5.74) is 0.713. The Morgan fingerprint density at radius 3 is 2.82 bits per heavy atom. The topological polar surface area (TPSA) is 51.5 Å². The summed E-state index contributed by atoms with van der Waals surface area (Å²) in [7, 11) is 0. The third-order valence-electron chi connectivity index (χ3n) is 4.05. The molecule has 3 rings (SSSR count). The zero-order chi connectivity index (χ0) is 15.7. The quantitative estimate of drug-likeness (QED) is 0.821. The van der Waals surface area contributed by atoms with Crippen molar-refractivity contribution in [3.05, 3.63) is 30.0 Å². The smallest absolute Gasteiger partial charge is 0.197 e. The lowest BCUT2D eigenvalue weighted by atomic mass is 9.88. The Morgan fingerprint density at radius 1 is 1.36 bits per heavy atom. The third-order valence-corrected chi connectivity index (χ3v) is 4.05. The Bertz CT molecular complexity index is 668. The number of nitrogens with one attached hydrogen (secondary N) is 1. The van der Waals surface area contributed by atoms with E-state index in [4.69, 9.17) is 9.15 Å². The summed E-state index contributed by atoms with van der Waals surface area (Å²) in [5, 5.41) is 4.45. The number of furan rings is 1. The van der Waals surface area contributed by atoms with Crippen LogP contribution in [0.2, 0.25) is 0 Å². The first-order valence-corrected chi connectivity index (χ1v) is 8.04. The van der Waals surface area contributed by atoms with Crippen molar-refractivity contribution in [3.63, 3.8) is 0 Å². The van der Waals surface area contributed by atoms with E-state index in [2.05, 4.69) is 19.2 Å². The van der Waals surface area contributed by atoms with E-state index in [9.17, 15) is 4.79 Å². The number of Topliss-reactive ketones (excluding diaryl/α,β-unsaturated/α-hetero) is 1. The molecule has 0 bridgehead atoms. The molecule has 1 saturated carbocycles. The average molecular weight is 301 g/mol. The summed E-state index contributed by atoms with van der Waals surface area (Å²) in [6.07, 6.45) is 2.79. The first kappa shape index (κ1) is 15.1. The maximum Gasteiger partial charge on any atom is 0.197 e. The molecule has 0 aliphatic heterocycles. The van der Waals surface area contributed by atoms with Gasteiger partial charge in [0.2, 0.25) is 0 Å². The van der Waals surface area contributed by atoms with E-state index in [1.807, 2.05) is 25.1 Å². The van der Waals surface area contributed by atoms with Crippen molar-refractivity contribution in [1.29, 1.82) is 0 Å². The summed E-state index contributed by atoms with van der Waals surface area (Å²) in [6, 6.07) is 8.65. The van der Waals surface area contributed by atoms with Gasteiger partial charge in [-0.15, -0.1) is 0 Å². The Morgan fingerprint density at radius 2 is 2.14 bits per heavy atom. The number of carbonyl (C=O) groups excluding carboxylic acids is 1. The second-order valence-corrected chi connectivity index (χ2v) is 6.32. The van der Waals surface area contributed by atoms with E-state index in [0.717, 1.165) is 24.0 Å². The van der Waals surface area contributed by atoms with Gasteiger partial charge in [-0.1, -0.05) is 20.8 Å². The van der Waals surface area contributed by atoms with E-state index in [0.29, 0.717) is 29.8 Å². The maximum atomic E-state index is 11.7. The van der Waals surface area contributed by atoms with Crippen LogP contribution in [0.1, 0.15) is 50.6 Å². The summed E-state index contributed by atoms with van der Waals surface area (Å²) in [6.45, 7) is 6.16. The Balaban J connectivity index is 1.64. The van der Waals surface area contributed by atoms with Gasteiger partial charge in [0.1, 0.15) is 17.4 Å². The van der Waals surface area contributed by atoms with Crippen molar-refractivity contribution in [2.45, 2.75) is 58.2 Å². The fourth-order valence-corrected chi connectivity index (χ4v) is 2.86. The molecule has 1 fully saturated rings. The second kappa shape index (κ2) is 6.13. The highest BCUT2D eigenvalue weighted by Crippen LogP contribution is 2.29. The van der Waals surface area contributed by atoms with Crippen molar-refractivity contribution in [2.24, 2.45) is 0 Å². The zero-order valence-corrected chi connectivity index (χ0v) is 13.4. The largest absolute Gasteiger partial charge is 0.490 e. The fraction of sp³-hybridized carbons (Fsp3) is 0.500. The van der Waals surface area contributed by atoms with Crippen LogP contribution in [0.15, 0.2) is 28.7 Å². The summed E-state index contributed by atoms with van der Waals surface area (Å²) in [4.78, 5) is 11.7. The van der Waals surface area contributed by atoms with Crippen LogP contribution in [0.4, 0.5) is 0 Å². The van der Waals surface area contributed by atoms with Gasteiger partial charge in [-0.2, -0.15) is 0 Å². The van der Waals surface area contributed by atoms with Crippen molar-refractivity contribution in [3.8, 4) is 5.75 Å². The molecule has 1 aliphatic rings. The van der Waals surface area contributed by atoms with E-state index in [1.54, 1.807) is 6.07 Å². The molecule has 2 aromatic rings. The normalized spacial score (nSPS) is 21.1. The molecule has 22 heavy (non-hydrogen) atoms. The monoisotopic (exact) mass is 301 g/mol. The third kappa shape index (κ3) is 3.17. The Hall–Kier alpha value is -1.81. The minimum absolute atomic E-state index is 0.0280. The van der Waals surface area contributed by atoms with Gasteiger partial charge in [-0.05, 0) is 31.0 Å². The second-order valence-electron chi connectivity index (χ2n) is 6.32. The van der Waals surface area contributed by atoms with Gasteiger partial charge in [-0.25, -0.2) is 0 Å². The number of ketones is 1. The number of hydrogen-bond acceptors (Lipinski definition) is 4. The number of carbonyl (C=O) groups is 1. The molecule has 1 aromatic heterocycles. The lowest BCUT2D eigenvalue weighted by Crippen LogP contribution is -2.49. The number of rotatable bonds is 6. The molecule has 0 radical (unpaired) electrons. The van der Waals surface area contributed by atoms with Gasteiger partial charge < -0.3 is 14.5 Å². The van der Waals surface area contributed by atoms with Crippen LogP contribution in [0, 0.1) is 0 Å². The van der Waals surface area contributed by atoms with Gasteiger partial charge in [0.25, 0.3) is 0 Å². The molecule has 4 nitrogen and oxygen atoms in total. The van der Waals surface area contributed by atoms with Crippen LogP contribution < -0.4 is 10.1 Å². The predicted octanol–water partition coefficient (Wildman–Crippen LogP) is 3.93. The molecular formula is C18H23NO3. The molecule has 0 atom stereocenters. The molecule has 0 amide bonds. The molecule has 118 valence electrons. The van der Waals surface area contributed by atoms with Crippen LogP contribution in [0.5, 0.6) is 5.75 Å². The van der Waals surface area contributed by atoms with Crippen LogP contribution in [-0.4, -0.2) is 24.0 Å². The molecule has 0 unspecified atom stereocenters. The summed E-state index contributed by atoms with van der Waals surface area (Å²) >= 11 is 0. The number of fused-ring (bicyclic) bond motifs is 1. The molecule has 1 aliphatic carbocycles. The number of hydrogen-bond donors (Lipinski definition) is 1. The van der Waals surface area contributed by atoms with E-state index < -0.39 is 0 Å². The fourth-order valence-electron chi connectivity index (χ4n) is 2.86. The molecule has 4 heteroatoms. The zero-order valence-electron chi connectivity index (χ0n) is 13.4. The molecule has 0 spiro atoms. The Kier molecular flexibility index (Phi) is 4.21. The Labute approximate surface area is 130 Å². The summed E-state index contributed by atoms with van der Waals surface area (Å²) in [5.74, 6) is 1.27. The van der Waals surface area contributed by atoms with Crippen LogP contribution in [-0.2, 0) is 0 Å². The van der Waals surface area contributed by atoms with E-state index in [1.165, 1.54) is 0 Å². The molecule has 1 heterocycles. The van der Waals surface area contributed by atoms with Crippen molar-refractivity contribution < 1.29 is 13.9 Å². The van der Waals surface area contributed by atoms with Gasteiger partial charge in [-0.3, -0.25) is 4.79 Å². The van der Waals surface area contributed by atoms with Crippen LogP contribution in [0.25, 0.3) is 11.0 Å². The highest BCUT2D eigenvalue weighted by atomic mass is 16.5. The number of benzene rings is 1. The standard InChI is InChI=1S/C18H23NO3/c1-4-16(20)18-7-12-5-6-14(10-17(12)22-18)21-15-8-13(9-15)19-11(2)3/h5-7,10-11,13,15,19H,4,8-9H2,1-3H3/t13-,15+. The van der Waals surface area contributed by atoms with Crippen molar-refractivity contribution in [2.75, 3.05) is 0 Å². The van der Waals surface area contributed by atoms with Crippen molar-refractivity contribution >= 4 is 16.8 Å². The number of ether oxygens (including phenoxy) is 1. The van der Waals surface area contributed by atoms with Crippen LogP contribution >= 0.6 is 0 Å². The lowest BCUT2D eigenvalue weighted by molar-refractivity contribution is 0.0815. The van der Waals surface area contributed by atoms with Gasteiger partial charge >= 0.3 is 0 Å². The SMILES string of the molecule is CCC(=O)c1cc2ccc(O[C@H]3C[C@@H](NC(C)C)C3)cc2o1. The van der Waals surface area contributed by atoms with Gasteiger partial charge in [0.15, 0.2) is 11.5 Å². The highest BCUT2D eigenvalue weighted by Gasteiger charge is 2.31. The van der Waals surface area contributed by atoms with Crippen molar-refractivity contribution in [1.82, 2.24) is 5.32 Å². The predicted molar refractivity (Wildman–Crippen MR) is 86.5 cm³/mol. The maximum absolute atomic E-state index is 11.7. The first-order chi connectivity index (χ1) is 10.5. The minimum Gasteiger partial charge on any atom is -0.490 e. The molecule has 1 aromatic carbocycles. The van der Waals surface area contributed by atoms with Gasteiger partial charge in [0.05, 0.1) is 0 Å². The average Bonchev–Trinajstić information content (AvgIpc) is 2.86. The molecule has 0 saturated heterocycles. The minimum atomic E-state index is 0.0280.